The van der Waals surface area contributed by atoms with Crippen molar-refractivity contribution in [2.75, 3.05) is 6.79 Å². The monoisotopic (exact) mass is 339 g/mol. The van der Waals surface area contributed by atoms with Gasteiger partial charge in [0.2, 0.25) is 18.5 Å². The fourth-order valence-corrected chi connectivity index (χ4v) is 3.19. The number of hydrogen-bond donors (Lipinski definition) is 1. The van der Waals surface area contributed by atoms with Gasteiger partial charge in [-0.2, -0.15) is 4.98 Å². The molecule has 0 spiro atoms. The van der Waals surface area contributed by atoms with Crippen molar-refractivity contribution in [2.45, 2.75) is 26.3 Å². The Bertz CT molecular complexity index is 655. The first kappa shape index (κ1) is 13.4. The number of hydrogen-bond acceptors (Lipinski definition) is 6. The first-order valence-electron chi connectivity index (χ1n) is 6.26. The van der Waals surface area contributed by atoms with Gasteiger partial charge in [0, 0.05) is 5.56 Å². The second kappa shape index (κ2) is 5.06. The molecule has 3 rings (SSSR count). The van der Waals surface area contributed by atoms with Gasteiger partial charge in [0.1, 0.15) is 0 Å². The van der Waals surface area contributed by atoms with Crippen molar-refractivity contribution in [3.8, 4) is 22.9 Å². The zero-order valence-corrected chi connectivity index (χ0v) is 12.7. The highest BCUT2D eigenvalue weighted by Crippen LogP contribution is 2.47. The maximum Gasteiger partial charge on any atom is 0.240 e. The molecule has 1 aromatic carbocycles. The Hall–Kier alpha value is -1.60. The molecule has 0 aliphatic carbocycles. The molecule has 0 atom stereocenters. The quantitative estimate of drug-likeness (QED) is 0.925. The van der Waals surface area contributed by atoms with E-state index in [1.165, 1.54) is 0 Å². The molecule has 0 unspecified atom stereocenters. The van der Waals surface area contributed by atoms with Crippen LogP contribution in [0, 0.1) is 0 Å². The van der Waals surface area contributed by atoms with E-state index in [4.69, 9.17) is 19.7 Å². The summed E-state index contributed by atoms with van der Waals surface area (Å²) >= 11 is 3.59. The Morgan fingerprint density at radius 3 is 2.85 bits per heavy atom. The molecule has 1 aliphatic rings. The summed E-state index contributed by atoms with van der Waals surface area (Å²) in [4.78, 5) is 4.29. The van der Waals surface area contributed by atoms with Crippen LogP contribution in [-0.4, -0.2) is 16.9 Å². The summed E-state index contributed by atoms with van der Waals surface area (Å²) in [5.41, 5.74) is 7.42. The van der Waals surface area contributed by atoms with Crippen molar-refractivity contribution >= 4 is 15.9 Å². The highest BCUT2D eigenvalue weighted by atomic mass is 79.9. The van der Waals surface area contributed by atoms with E-state index in [0.29, 0.717) is 17.5 Å². The van der Waals surface area contributed by atoms with E-state index in [0.717, 1.165) is 21.3 Å². The topological polar surface area (TPSA) is 83.4 Å². The lowest BCUT2D eigenvalue weighted by atomic mass is 9.96. The molecule has 0 saturated carbocycles. The molecule has 2 heterocycles. The second-order valence-corrected chi connectivity index (χ2v) is 5.55. The Kier molecular flexibility index (Phi) is 3.39. The van der Waals surface area contributed by atoms with Crippen molar-refractivity contribution in [1.82, 2.24) is 10.1 Å². The number of rotatable bonds is 3. The van der Waals surface area contributed by atoms with Crippen molar-refractivity contribution in [3.05, 3.63) is 22.0 Å². The molecule has 0 bridgehead atoms. The van der Waals surface area contributed by atoms with Crippen molar-refractivity contribution in [3.63, 3.8) is 0 Å². The van der Waals surface area contributed by atoms with Crippen molar-refractivity contribution < 1.29 is 14.0 Å². The molecule has 6 nitrogen and oxygen atoms in total. The van der Waals surface area contributed by atoms with Crippen LogP contribution in [0.2, 0.25) is 0 Å². The minimum atomic E-state index is 0.217. The first-order chi connectivity index (χ1) is 9.61. The SMILES string of the molecule is CC(C)c1c(-c2noc(CN)n2)cc2c(c1Br)OCO2. The maximum atomic E-state index is 5.51. The maximum absolute atomic E-state index is 5.51. The van der Waals surface area contributed by atoms with Crippen molar-refractivity contribution in [2.24, 2.45) is 5.73 Å². The zero-order chi connectivity index (χ0) is 14.3. The summed E-state index contributed by atoms with van der Waals surface area (Å²) in [7, 11) is 0. The number of halogens is 1. The minimum absolute atomic E-state index is 0.217. The van der Waals surface area contributed by atoms with E-state index < -0.39 is 0 Å². The fourth-order valence-electron chi connectivity index (χ4n) is 2.21. The predicted octanol–water partition coefficient (Wildman–Crippen LogP) is 2.81. The third kappa shape index (κ3) is 2.06. The molecule has 2 N–H and O–H groups in total. The molecule has 0 amide bonds. The van der Waals surface area contributed by atoms with E-state index in [-0.39, 0.29) is 19.3 Å². The molecular weight excluding hydrogens is 326 g/mol. The summed E-state index contributed by atoms with van der Waals surface area (Å²) in [6.07, 6.45) is 0. The smallest absolute Gasteiger partial charge is 0.240 e. The summed E-state index contributed by atoms with van der Waals surface area (Å²) in [6, 6.07) is 1.88. The van der Waals surface area contributed by atoms with Crippen LogP contribution in [0.1, 0.15) is 31.2 Å². The van der Waals surface area contributed by atoms with E-state index in [2.05, 4.69) is 39.9 Å². The Labute approximate surface area is 124 Å². The number of nitrogens with two attached hydrogens (primary N) is 1. The largest absolute Gasteiger partial charge is 0.454 e. The molecular formula is C13H14BrN3O3. The minimum Gasteiger partial charge on any atom is -0.454 e. The summed E-state index contributed by atoms with van der Waals surface area (Å²) in [5, 5.41) is 3.98. The van der Waals surface area contributed by atoms with Gasteiger partial charge in [-0.15, -0.1) is 0 Å². The number of benzene rings is 1. The van der Waals surface area contributed by atoms with Crippen LogP contribution < -0.4 is 15.2 Å². The van der Waals surface area contributed by atoms with Crippen LogP contribution in [0.15, 0.2) is 15.1 Å². The van der Waals surface area contributed by atoms with Crippen LogP contribution >= 0.6 is 15.9 Å². The number of aromatic nitrogens is 2. The standard InChI is InChI=1S/C13H14BrN3O3/c1-6(2)10-7(13-16-9(4-15)20-17-13)3-8-12(11(10)14)19-5-18-8/h3,6H,4-5,15H2,1-2H3. The Morgan fingerprint density at radius 2 is 2.20 bits per heavy atom. The third-order valence-corrected chi connectivity index (χ3v) is 3.89. The van der Waals surface area contributed by atoms with Gasteiger partial charge in [-0.3, -0.25) is 0 Å². The Morgan fingerprint density at radius 1 is 1.40 bits per heavy atom. The molecule has 0 saturated heterocycles. The average Bonchev–Trinajstić information content (AvgIpc) is 3.06. The lowest BCUT2D eigenvalue weighted by Gasteiger charge is -2.14. The van der Waals surface area contributed by atoms with Crippen LogP contribution in [0.5, 0.6) is 11.5 Å². The highest BCUT2D eigenvalue weighted by Gasteiger charge is 2.26. The normalized spacial score (nSPS) is 13.2. The van der Waals surface area contributed by atoms with E-state index in [1.807, 2.05) is 6.07 Å². The zero-order valence-electron chi connectivity index (χ0n) is 11.1. The van der Waals surface area contributed by atoms with Crippen LogP contribution in [0.4, 0.5) is 0 Å². The third-order valence-electron chi connectivity index (χ3n) is 3.10. The summed E-state index contributed by atoms with van der Waals surface area (Å²) in [6.45, 7) is 4.62. The lowest BCUT2D eigenvalue weighted by molar-refractivity contribution is 0.173. The van der Waals surface area contributed by atoms with Gasteiger partial charge in [0.25, 0.3) is 0 Å². The van der Waals surface area contributed by atoms with Gasteiger partial charge in [-0.05, 0) is 33.5 Å². The summed E-state index contributed by atoms with van der Waals surface area (Å²) < 4.78 is 16.9. The van der Waals surface area contributed by atoms with Gasteiger partial charge >= 0.3 is 0 Å². The van der Waals surface area contributed by atoms with Gasteiger partial charge in [-0.25, -0.2) is 0 Å². The van der Waals surface area contributed by atoms with Crippen LogP contribution in [0.25, 0.3) is 11.4 Å². The number of ether oxygens (including phenoxy) is 2. The lowest BCUT2D eigenvalue weighted by Crippen LogP contribution is -1.98. The predicted molar refractivity (Wildman–Crippen MR) is 75.5 cm³/mol. The average molecular weight is 340 g/mol. The van der Waals surface area contributed by atoms with Gasteiger partial charge in [-0.1, -0.05) is 19.0 Å². The van der Waals surface area contributed by atoms with E-state index in [9.17, 15) is 0 Å². The van der Waals surface area contributed by atoms with E-state index in [1.54, 1.807) is 0 Å². The first-order valence-corrected chi connectivity index (χ1v) is 7.06. The molecule has 1 aromatic heterocycles. The van der Waals surface area contributed by atoms with Crippen LogP contribution in [0.3, 0.4) is 0 Å². The summed E-state index contributed by atoms with van der Waals surface area (Å²) in [5.74, 6) is 2.57. The Balaban J connectivity index is 2.21. The van der Waals surface area contributed by atoms with Crippen molar-refractivity contribution in [1.29, 1.82) is 0 Å². The van der Waals surface area contributed by atoms with Gasteiger partial charge in [0.05, 0.1) is 11.0 Å². The van der Waals surface area contributed by atoms with E-state index >= 15 is 0 Å². The number of fused-ring (bicyclic) bond motifs is 1. The molecule has 106 valence electrons. The molecule has 2 aromatic rings. The van der Waals surface area contributed by atoms with Gasteiger partial charge in [0.15, 0.2) is 11.5 Å². The van der Waals surface area contributed by atoms with Gasteiger partial charge < -0.3 is 19.7 Å². The molecule has 20 heavy (non-hydrogen) atoms. The molecule has 0 radical (unpaired) electrons. The fraction of sp³-hybridized carbons (Fsp3) is 0.385. The molecule has 1 aliphatic heterocycles. The molecule has 0 fully saturated rings. The highest BCUT2D eigenvalue weighted by molar-refractivity contribution is 9.10. The second-order valence-electron chi connectivity index (χ2n) is 4.76. The number of nitrogens with zero attached hydrogens (tertiary/aromatic N) is 2. The van der Waals surface area contributed by atoms with Crippen LogP contribution in [-0.2, 0) is 6.54 Å². The molecule has 7 heteroatoms.